The van der Waals surface area contributed by atoms with Gasteiger partial charge in [-0.05, 0) is 43.4 Å². The third kappa shape index (κ3) is 5.10. The van der Waals surface area contributed by atoms with E-state index in [-0.39, 0.29) is 18.6 Å². The number of carbonyl (C=O) groups excluding carboxylic acids is 2. The van der Waals surface area contributed by atoms with Gasteiger partial charge in [-0.2, -0.15) is 0 Å². The molecule has 0 N–H and O–H groups in total. The summed E-state index contributed by atoms with van der Waals surface area (Å²) in [6.07, 6.45) is 7.02. The Balaban J connectivity index is 1.84. The zero-order valence-electron chi connectivity index (χ0n) is 13.3. The molecule has 1 heterocycles. The van der Waals surface area contributed by atoms with Crippen molar-refractivity contribution in [2.45, 2.75) is 38.6 Å². The van der Waals surface area contributed by atoms with Gasteiger partial charge in [0, 0.05) is 23.7 Å². The standard InChI is InChI=1S/C18H22ClNO3/c1-2-15-8-5-6-12-20(15)17(21)13-23-18(22)11-10-14-7-3-4-9-16(14)19/h3-4,7,9-11,15H,2,5-6,8,12-13H2,1H3/b11-10+/t15-/m0/s1. The number of piperidine rings is 1. The Hall–Kier alpha value is -1.81. The monoisotopic (exact) mass is 335 g/mol. The highest BCUT2D eigenvalue weighted by Gasteiger charge is 2.25. The summed E-state index contributed by atoms with van der Waals surface area (Å²) in [5, 5.41) is 0.562. The van der Waals surface area contributed by atoms with E-state index in [2.05, 4.69) is 6.92 Å². The molecule has 1 aromatic rings. The van der Waals surface area contributed by atoms with E-state index >= 15 is 0 Å². The Morgan fingerprint density at radius 1 is 1.35 bits per heavy atom. The van der Waals surface area contributed by atoms with Crippen LogP contribution in [-0.4, -0.2) is 36.0 Å². The number of amides is 1. The summed E-state index contributed by atoms with van der Waals surface area (Å²) in [6.45, 7) is 2.63. The molecule has 2 rings (SSSR count). The fourth-order valence-corrected chi connectivity index (χ4v) is 2.98. The smallest absolute Gasteiger partial charge is 0.331 e. The second kappa shape index (κ2) is 8.73. The molecule has 4 nitrogen and oxygen atoms in total. The van der Waals surface area contributed by atoms with Gasteiger partial charge in [-0.1, -0.05) is 36.7 Å². The van der Waals surface area contributed by atoms with E-state index in [1.807, 2.05) is 17.0 Å². The van der Waals surface area contributed by atoms with Gasteiger partial charge in [0.05, 0.1) is 0 Å². The molecular weight excluding hydrogens is 314 g/mol. The molecule has 0 spiro atoms. The maximum absolute atomic E-state index is 12.2. The summed E-state index contributed by atoms with van der Waals surface area (Å²) in [6, 6.07) is 7.48. The van der Waals surface area contributed by atoms with Crippen LogP contribution in [0.2, 0.25) is 5.02 Å². The lowest BCUT2D eigenvalue weighted by molar-refractivity contribution is -0.150. The molecule has 0 radical (unpaired) electrons. The Morgan fingerprint density at radius 3 is 2.87 bits per heavy atom. The van der Waals surface area contributed by atoms with Crippen LogP contribution >= 0.6 is 11.6 Å². The van der Waals surface area contributed by atoms with Crippen LogP contribution in [0, 0.1) is 0 Å². The largest absolute Gasteiger partial charge is 0.452 e. The molecule has 5 heteroatoms. The van der Waals surface area contributed by atoms with Crippen molar-refractivity contribution in [3.8, 4) is 0 Å². The minimum Gasteiger partial charge on any atom is -0.452 e. The molecule has 23 heavy (non-hydrogen) atoms. The van der Waals surface area contributed by atoms with Gasteiger partial charge in [0.1, 0.15) is 0 Å². The van der Waals surface area contributed by atoms with Crippen molar-refractivity contribution in [1.82, 2.24) is 4.90 Å². The van der Waals surface area contributed by atoms with Crippen LogP contribution in [0.1, 0.15) is 38.2 Å². The Morgan fingerprint density at radius 2 is 2.13 bits per heavy atom. The minimum atomic E-state index is -0.539. The Bertz CT molecular complexity index is 585. The highest BCUT2D eigenvalue weighted by atomic mass is 35.5. The second-order valence-electron chi connectivity index (χ2n) is 5.61. The molecular formula is C18H22ClNO3. The number of halogens is 1. The van der Waals surface area contributed by atoms with Gasteiger partial charge in [0.15, 0.2) is 6.61 Å². The minimum absolute atomic E-state index is 0.115. The highest BCUT2D eigenvalue weighted by Crippen LogP contribution is 2.19. The van der Waals surface area contributed by atoms with Gasteiger partial charge in [-0.25, -0.2) is 4.79 Å². The van der Waals surface area contributed by atoms with Crippen molar-refractivity contribution in [1.29, 1.82) is 0 Å². The zero-order valence-corrected chi connectivity index (χ0v) is 14.1. The van der Waals surface area contributed by atoms with Gasteiger partial charge >= 0.3 is 5.97 Å². The van der Waals surface area contributed by atoms with Crippen LogP contribution in [0.5, 0.6) is 0 Å². The van der Waals surface area contributed by atoms with Gasteiger partial charge in [0.25, 0.3) is 5.91 Å². The third-order valence-corrected chi connectivity index (χ3v) is 4.41. The van der Waals surface area contributed by atoms with Gasteiger partial charge in [-0.3, -0.25) is 4.79 Å². The summed E-state index contributed by atoms with van der Waals surface area (Å²) in [4.78, 5) is 25.8. The number of esters is 1. The molecule has 1 saturated heterocycles. The number of hydrogen-bond acceptors (Lipinski definition) is 3. The van der Waals surface area contributed by atoms with Crippen molar-refractivity contribution in [3.05, 3.63) is 40.9 Å². The molecule has 124 valence electrons. The molecule has 0 saturated carbocycles. The molecule has 1 amide bonds. The Labute approximate surface area is 142 Å². The molecule has 1 atom stereocenters. The molecule has 0 aliphatic carbocycles. The van der Waals surface area contributed by atoms with E-state index in [1.165, 1.54) is 6.08 Å². The van der Waals surface area contributed by atoms with Crippen molar-refractivity contribution >= 4 is 29.6 Å². The molecule has 1 aromatic carbocycles. The number of ether oxygens (including phenoxy) is 1. The molecule has 1 aliphatic heterocycles. The van der Waals surface area contributed by atoms with Crippen LogP contribution in [-0.2, 0) is 14.3 Å². The summed E-state index contributed by atoms with van der Waals surface area (Å²) in [7, 11) is 0. The number of nitrogens with zero attached hydrogens (tertiary/aromatic N) is 1. The van der Waals surface area contributed by atoms with E-state index in [9.17, 15) is 9.59 Å². The normalized spacial score (nSPS) is 18.2. The summed E-state index contributed by atoms with van der Waals surface area (Å²) in [5.41, 5.74) is 0.736. The SMILES string of the molecule is CC[C@H]1CCCCN1C(=O)COC(=O)/C=C/c1ccccc1Cl. The third-order valence-electron chi connectivity index (χ3n) is 4.06. The van der Waals surface area contributed by atoms with Crippen LogP contribution < -0.4 is 0 Å². The topological polar surface area (TPSA) is 46.6 Å². The predicted molar refractivity (Wildman–Crippen MR) is 91.1 cm³/mol. The lowest BCUT2D eigenvalue weighted by atomic mass is 10.00. The number of hydrogen-bond donors (Lipinski definition) is 0. The number of rotatable bonds is 5. The first-order valence-corrected chi connectivity index (χ1v) is 8.38. The first-order chi connectivity index (χ1) is 11.1. The van der Waals surface area contributed by atoms with Crippen molar-refractivity contribution in [2.24, 2.45) is 0 Å². The molecule has 0 aromatic heterocycles. The second-order valence-corrected chi connectivity index (χ2v) is 6.01. The van der Waals surface area contributed by atoms with Crippen molar-refractivity contribution in [3.63, 3.8) is 0 Å². The lowest BCUT2D eigenvalue weighted by Gasteiger charge is -2.35. The van der Waals surface area contributed by atoms with E-state index in [1.54, 1.807) is 18.2 Å². The predicted octanol–water partition coefficient (Wildman–Crippen LogP) is 3.69. The fraction of sp³-hybridized carbons (Fsp3) is 0.444. The van der Waals surface area contributed by atoms with Crippen LogP contribution in [0.4, 0.5) is 0 Å². The molecule has 1 fully saturated rings. The van der Waals surface area contributed by atoms with Crippen molar-refractivity contribution in [2.75, 3.05) is 13.2 Å². The molecule has 0 bridgehead atoms. The first kappa shape index (κ1) is 17.5. The van der Waals surface area contributed by atoms with Gasteiger partial charge in [-0.15, -0.1) is 0 Å². The average Bonchev–Trinajstić information content (AvgIpc) is 2.58. The molecule has 1 aliphatic rings. The van der Waals surface area contributed by atoms with E-state index in [4.69, 9.17) is 16.3 Å². The van der Waals surface area contributed by atoms with Crippen LogP contribution in [0.3, 0.4) is 0 Å². The fourth-order valence-electron chi connectivity index (χ4n) is 2.79. The quantitative estimate of drug-likeness (QED) is 0.609. The first-order valence-electron chi connectivity index (χ1n) is 8.00. The van der Waals surface area contributed by atoms with E-state index < -0.39 is 5.97 Å². The summed E-state index contributed by atoms with van der Waals surface area (Å²) < 4.78 is 5.05. The number of benzene rings is 1. The van der Waals surface area contributed by atoms with Crippen LogP contribution in [0.25, 0.3) is 6.08 Å². The Kier molecular flexibility index (Phi) is 6.66. The van der Waals surface area contributed by atoms with Gasteiger partial charge < -0.3 is 9.64 Å². The average molecular weight is 336 g/mol. The van der Waals surface area contributed by atoms with Gasteiger partial charge in [0.2, 0.25) is 0 Å². The number of likely N-dealkylation sites (tertiary alicyclic amines) is 1. The molecule has 0 unspecified atom stereocenters. The summed E-state index contributed by atoms with van der Waals surface area (Å²) in [5.74, 6) is -0.653. The maximum Gasteiger partial charge on any atom is 0.331 e. The van der Waals surface area contributed by atoms with E-state index in [0.717, 1.165) is 37.8 Å². The zero-order chi connectivity index (χ0) is 16.7. The highest BCUT2D eigenvalue weighted by molar-refractivity contribution is 6.32. The van der Waals surface area contributed by atoms with Crippen molar-refractivity contribution < 1.29 is 14.3 Å². The van der Waals surface area contributed by atoms with Crippen LogP contribution in [0.15, 0.2) is 30.3 Å². The van der Waals surface area contributed by atoms with E-state index in [0.29, 0.717) is 5.02 Å². The number of carbonyl (C=O) groups is 2. The lowest BCUT2D eigenvalue weighted by Crippen LogP contribution is -2.45. The summed E-state index contributed by atoms with van der Waals surface area (Å²) >= 11 is 6.00. The maximum atomic E-state index is 12.2.